The van der Waals surface area contributed by atoms with Gasteiger partial charge in [0.05, 0.1) is 11.3 Å². The average Bonchev–Trinajstić information content (AvgIpc) is 3.52. The smallest absolute Gasteiger partial charge is 0.199 e. The van der Waals surface area contributed by atoms with Crippen molar-refractivity contribution in [3.8, 4) is 5.88 Å². The number of halogens is 1. The number of aromatic amines is 1. The highest BCUT2D eigenvalue weighted by Crippen LogP contribution is 2.36. The number of piperazine rings is 1. The average molecular weight is 480 g/mol. The lowest BCUT2D eigenvalue weighted by Gasteiger charge is -2.26. The first-order chi connectivity index (χ1) is 15.2. The number of aromatic nitrogens is 1. The van der Waals surface area contributed by atoms with Gasteiger partial charge < -0.3 is 20.2 Å². The number of likely N-dealkylation sites (tertiary alicyclic amines) is 1. The van der Waals surface area contributed by atoms with Crippen LogP contribution in [0.25, 0.3) is 10.9 Å². The van der Waals surface area contributed by atoms with E-state index < -0.39 is 0 Å². The lowest BCUT2D eigenvalue weighted by Crippen LogP contribution is -2.44. The Morgan fingerprint density at radius 3 is 3.00 bits per heavy atom. The van der Waals surface area contributed by atoms with E-state index in [1.807, 2.05) is 42.5 Å². The van der Waals surface area contributed by atoms with E-state index in [4.69, 9.17) is 9.83 Å². The summed E-state index contributed by atoms with van der Waals surface area (Å²) < 4.78 is 0.931. The minimum atomic E-state index is 0.0768. The van der Waals surface area contributed by atoms with E-state index >= 15 is 0 Å². The Kier molecular flexibility index (Phi) is 4.59. The Balaban J connectivity index is 1.31. The van der Waals surface area contributed by atoms with Crippen molar-refractivity contribution < 1.29 is 9.94 Å². The van der Waals surface area contributed by atoms with Crippen LogP contribution in [0.2, 0.25) is 0 Å². The molecule has 4 heterocycles. The number of hydrogen-bond acceptors (Lipinski definition) is 6. The molecule has 3 aliphatic heterocycles. The first kappa shape index (κ1) is 19.0. The van der Waals surface area contributed by atoms with Crippen molar-refractivity contribution in [1.29, 1.82) is 0 Å². The second kappa shape index (κ2) is 7.47. The van der Waals surface area contributed by atoms with Crippen LogP contribution in [0.1, 0.15) is 17.5 Å². The van der Waals surface area contributed by atoms with Gasteiger partial charge >= 0.3 is 0 Å². The van der Waals surface area contributed by atoms with Gasteiger partial charge in [-0.3, -0.25) is 4.90 Å². The SMILES string of the molecule is Oc1[nH]c2ccc(Br)cc2c1C1=Nc2ccccc2/C1=N\OCCN1C[C@H]2C[C@@H]1CN2. The normalized spacial score (nSPS) is 23.6. The number of benzene rings is 2. The number of para-hydroxylation sites is 1. The Labute approximate surface area is 187 Å². The first-order valence-corrected chi connectivity index (χ1v) is 11.3. The van der Waals surface area contributed by atoms with Crippen molar-refractivity contribution >= 4 is 43.9 Å². The molecular weight excluding hydrogens is 458 g/mol. The number of fused-ring (bicyclic) bond motifs is 4. The standard InChI is InChI=1S/C23H22BrN5O2/c24-13-5-6-19-17(9-13)20(23(30)27-19)22-21(16-3-1-2-4-18(16)26-22)28-31-8-7-29-12-14-10-15(29)11-25-14/h1-6,9,14-15,25,27,30H,7-8,10-12H2/b28-21+/t14-,15-/m1/s1. The van der Waals surface area contributed by atoms with E-state index in [0.717, 1.165) is 46.3 Å². The molecule has 0 aliphatic carbocycles. The highest BCUT2D eigenvalue weighted by atomic mass is 79.9. The predicted octanol–water partition coefficient (Wildman–Crippen LogP) is 3.54. The Morgan fingerprint density at radius 2 is 2.16 bits per heavy atom. The number of H-pyrrole nitrogens is 1. The zero-order chi connectivity index (χ0) is 20.9. The minimum absolute atomic E-state index is 0.0768. The predicted molar refractivity (Wildman–Crippen MR) is 125 cm³/mol. The van der Waals surface area contributed by atoms with Gasteiger partial charge in [-0.05, 0) is 30.7 Å². The molecule has 0 radical (unpaired) electrons. The highest BCUT2D eigenvalue weighted by molar-refractivity contribution is 9.10. The van der Waals surface area contributed by atoms with Crippen LogP contribution in [-0.4, -0.2) is 64.7 Å². The van der Waals surface area contributed by atoms with Crippen LogP contribution < -0.4 is 5.32 Å². The molecular formula is C23H22BrN5O2. The Bertz CT molecular complexity index is 1230. The lowest BCUT2D eigenvalue weighted by molar-refractivity contribution is 0.101. The van der Waals surface area contributed by atoms with Crippen LogP contribution in [0.3, 0.4) is 0 Å². The summed E-state index contributed by atoms with van der Waals surface area (Å²) in [4.78, 5) is 16.1. The topological polar surface area (TPSA) is 85.2 Å². The molecule has 2 bridgehead atoms. The van der Waals surface area contributed by atoms with Gasteiger partial charge in [0, 0.05) is 52.7 Å². The maximum Gasteiger partial charge on any atom is 0.199 e. The van der Waals surface area contributed by atoms with Crippen LogP contribution in [0.4, 0.5) is 5.69 Å². The summed E-state index contributed by atoms with van der Waals surface area (Å²) in [7, 11) is 0. The second-order valence-corrected chi connectivity index (χ2v) is 9.19. The molecule has 31 heavy (non-hydrogen) atoms. The summed E-state index contributed by atoms with van der Waals surface area (Å²) in [5, 5.41) is 19.6. The molecule has 6 rings (SSSR count). The molecule has 0 unspecified atom stereocenters. The minimum Gasteiger partial charge on any atom is -0.494 e. The molecule has 3 aromatic rings. The van der Waals surface area contributed by atoms with E-state index in [0.29, 0.717) is 35.7 Å². The van der Waals surface area contributed by atoms with Crippen molar-refractivity contribution in [1.82, 2.24) is 15.2 Å². The third kappa shape index (κ3) is 3.26. The second-order valence-electron chi connectivity index (χ2n) is 8.28. The van der Waals surface area contributed by atoms with Crippen LogP contribution in [0.5, 0.6) is 5.88 Å². The maximum atomic E-state index is 10.7. The summed E-state index contributed by atoms with van der Waals surface area (Å²) in [6.07, 6.45) is 1.23. The third-order valence-electron chi connectivity index (χ3n) is 6.39. The molecule has 3 aliphatic rings. The van der Waals surface area contributed by atoms with Gasteiger partial charge in [0.15, 0.2) is 5.88 Å². The molecule has 7 nitrogen and oxygen atoms in total. The van der Waals surface area contributed by atoms with Crippen molar-refractivity contribution in [2.45, 2.75) is 18.5 Å². The van der Waals surface area contributed by atoms with E-state index in [2.05, 4.69) is 36.3 Å². The largest absolute Gasteiger partial charge is 0.494 e. The number of nitrogens with zero attached hydrogens (tertiary/aromatic N) is 3. The number of oxime groups is 1. The Morgan fingerprint density at radius 1 is 1.26 bits per heavy atom. The first-order valence-electron chi connectivity index (χ1n) is 10.5. The maximum absolute atomic E-state index is 10.7. The van der Waals surface area contributed by atoms with Crippen LogP contribution in [-0.2, 0) is 4.84 Å². The Hall–Kier alpha value is -2.68. The fourth-order valence-corrected chi connectivity index (χ4v) is 5.28. The van der Waals surface area contributed by atoms with Gasteiger partial charge in [-0.2, -0.15) is 0 Å². The molecule has 2 aromatic carbocycles. The van der Waals surface area contributed by atoms with Crippen molar-refractivity contribution in [3.63, 3.8) is 0 Å². The van der Waals surface area contributed by atoms with Crippen LogP contribution in [0.15, 0.2) is 57.1 Å². The summed E-state index contributed by atoms with van der Waals surface area (Å²) in [5.41, 5.74) is 4.48. The molecule has 2 fully saturated rings. The van der Waals surface area contributed by atoms with Crippen molar-refractivity contribution in [3.05, 3.63) is 58.1 Å². The molecule has 2 atom stereocenters. The van der Waals surface area contributed by atoms with E-state index in [1.165, 1.54) is 6.42 Å². The van der Waals surface area contributed by atoms with E-state index in [1.54, 1.807) is 0 Å². The van der Waals surface area contributed by atoms with Gasteiger partial charge in [-0.1, -0.05) is 39.3 Å². The van der Waals surface area contributed by atoms with Crippen LogP contribution >= 0.6 is 15.9 Å². The number of nitrogens with one attached hydrogen (secondary N) is 2. The van der Waals surface area contributed by atoms with Gasteiger partial charge in [0.1, 0.15) is 18.0 Å². The zero-order valence-electron chi connectivity index (χ0n) is 16.8. The molecule has 3 N–H and O–H groups in total. The summed E-state index contributed by atoms with van der Waals surface area (Å²) in [6.45, 7) is 3.53. The summed E-state index contributed by atoms with van der Waals surface area (Å²) in [6, 6.07) is 14.9. The van der Waals surface area contributed by atoms with E-state index in [-0.39, 0.29) is 5.88 Å². The third-order valence-corrected chi connectivity index (χ3v) is 6.88. The highest BCUT2D eigenvalue weighted by Gasteiger charge is 2.37. The number of aliphatic imine (C=N–C) groups is 1. The fourth-order valence-electron chi connectivity index (χ4n) is 4.92. The fraction of sp³-hybridized carbons (Fsp3) is 0.304. The van der Waals surface area contributed by atoms with Crippen LogP contribution in [0, 0.1) is 0 Å². The van der Waals surface area contributed by atoms with Gasteiger partial charge in [-0.15, -0.1) is 0 Å². The lowest BCUT2D eigenvalue weighted by atomic mass is 10.0. The number of hydrogen-bond donors (Lipinski definition) is 3. The number of rotatable bonds is 5. The van der Waals surface area contributed by atoms with Gasteiger partial charge in [-0.25, -0.2) is 4.99 Å². The summed E-state index contributed by atoms with van der Waals surface area (Å²) >= 11 is 3.53. The monoisotopic (exact) mass is 479 g/mol. The molecule has 8 heteroatoms. The molecule has 1 aromatic heterocycles. The van der Waals surface area contributed by atoms with E-state index in [9.17, 15) is 5.11 Å². The summed E-state index contributed by atoms with van der Waals surface area (Å²) in [5.74, 6) is 0.0768. The van der Waals surface area contributed by atoms with Crippen molar-refractivity contribution in [2.75, 3.05) is 26.2 Å². The van der Waals surface area contributed by atoms with Gasteiger partial charge in [0.2, 0.25) is 0 Å². The molecule has 0 spiro atoms. The molecule has 0 saturated carbocycles. The zero-order valence-corrected chi connectivity index (χ0v) is 18.4. The molecule has 158 valence electrons. The molecule has 0 amide bonds. The van der Waals surface area contributed by atoms with Crippen molar-refractivity contribution in [2.24, 2.45) is 10.1 Å². The molecule has 2 saturated heterocycles. The number of aromatic hydroxyl groups is 1. The quantitative estimate of drug-likeness (QED) is 0.385. The van der Waals surface area contributed by atoms with Gasteiger partial charge in [0.25, 0.3) is 0 Å².